The number of nitrogens with one attached hydrogen (secondary N) is 1. The minimum Gasteiger partial charge on any atom is -0.321 e. The van der Waals surface area contributed by atoms with Crippen molar-refractivity contribution >= 4 is 29.9 Å². The Morgan fingerprint density at radius 3 is 2.71 bits per heavy atom. The summed E-state index contributed by atoms with van der Waals surface area (Å²) < 4.78 is 0. The van der Waals surface area contributed by atoms with E-state index in [4.69, 9.17) is 5.26 Å². The lowest BCUT2D eigenvalue weighted by atomic mass is 10.2. The summed E-state index contributed by atoms with van der Waals surface area (Å²) in [7, 11) is 0. The molecule has 0 spiro atoms. The first-order chi connectivity index (χ1) is 10.0. The molecule has 2 rings (SSSR count). The average molecular weight is 300 g/mol. The molecular formula is C13H8N4O3S. The van der Waals surface area contributed by atoms with Gasteiger partial charge in [0.15, 0.2) is 0 Å². The normalized spacial score (nSPS) is 9.71. The number of aromatic nitrogens is 1. The molecule has 0 aliphatic carbocycles. The third kappa shape index (κ3) is 3.34. The number of amides is 1. The van der Waals surface area contributed by atoms with Crippen LogP contribution in [0.2, 0.25) is 0 Å². The van der Waals surface area contributed by atoms with E-state index in [-0.39, 0.29) is 16.9 Å². The van der Waals surface area contributed by atoms with Crippen LogP contribution < -0.4 is 5.32 Å². The highest BCUT2D eigenvalue weighted by molar-refractivity contribution is 7.80. The molecule has 1 amide bonds. The van der Waals surface area contributed by atoms with Gasteiger partial charge >= 0.3 is 0 Å². The molecule has 104 valence electrons. The Hall–Kier alpha value is -2.92. The van der Waals surface area contributed by atoms with E-state index in [2.05, 4.69) is 22.9 Å². The van der Waals surface area contributed by atoms with Gasteiger partial charge in [-0.3, -0.25) is 14.9 Å². The maximum absolute atomic E-state index is 12.1. The number of anilines is 1. The van der Waals surface area contributed by atoms with Crippen molar-refractivity contribution in [1.82, 2.24) is 4.98 Å². The Morgan fingerprint density at radius 1 is 1.38 bits per heavy atom. The van der Waals surface area contributed by atoms with Crippen molar-refractivity contribution in [2.24, 2.45) is 0 Å². The van der Waals surface area contributed by atoms with E-state index in [0.717, 1.165) is 6.07 Å². The number of pyridine rings is 1. The summed E-state index contributed by atoms with van der Waals surface area (Å²) in [5.41, 5.74) is 0.476. The minimum atomic E-state index is -0.590. The van der Waals surface area contributed by atoms with Gasteiger partial charge in [0.2, 0.25) is 0 Å². The number of nitro benzene ring substituents is 1. The number of nitrogens with zero attached hydrogens (tertiary/aromatic N) is 3. The third-order valence-electron chi connectivity index (χ3n) is 2.57. The quantitative estimate of drug-likeness (QED) is 0.514. The number of benzene rings is 1. The summed E-state index contributed by atoms with van der Waals surface area (Å²) in [4.78, 5) is 26.4. The fourth-order valence-electron chi connectivity index (χ4n) is 1.55. The minimum absolute atomic E-state index is 0.0805. The second-order valence-electron chi connectivity index (χ2n) is 3.96. The lowest BCUT2D eigenvalue weighted by Gasteiger charge is -2.06. The number of carbonyl (C=O) groups is 1. The van der Waals surface area contributed by atoms with Gasteiger partial charge in [-0.25, -0.2) is 4.98 Å². The molecule has 7 nitrogen and oxygen atoms in total. The summed E-state index contributed by atoms with van der Waals surface area (Å²) in [5.74, 6) is -0.546. The molecule has 1 heterocycles. The molecule has 0 radical (unpaired) electrons. The Morgan fingerprint density at radius 2 is 2.14 bits per heavy atom. The lowest BCUT2D eigenvalue weighted by molar-refractivity contribution is -0.384. The largest absolute Gasteiger partial charge is 0.321 e. The molecule has 0 saturated carbocycles. The van der Waals surface area contributed by atoms with Crippen LogP contribution in [0.3, 0.4) is 0 Å². The molecule has 1 N–H and O–H groups in total. The van der Waals surface area contributed by atoms with Gasteiger partial charge in [0, 0.05) is 17.0 Å². The van der Waals surface area contributed by atoms with Gasteiger partial charge in [-0.05, 0) is 18.2 Å². The van der Waals surface area contributed by atoms with Crippen molar-refractivity contribution in [1.29, 1.82) is 5.26 Å². The zero-order valence-corrected chi connectivity index (χ0v) is 11.4. The molecule has 0 atom stereocenters. The average Bonchev–Trinajstić information content (AvgIpc) is 2.48. The van der Waals surface area contributed by atoms with Crippen molar-refractivity contribution in [3.8, 4) is 6.07 Å². The van der Waals surface area contributed by atoms with Crippen LogP contribution in [0.4, 0.5) is 11.4 Å². The van der Waals surface area contributed by atoms with E-state index < -0.39 is 10.8 Å². The first-order valence-corrected chi connectivity index (χ1v) is 6.11. The number of nitro groups is 1. The highest BCUT2D eigenvalue weighted by atomic mass is 32.1. The zero-order chi connectivity index (χ0) is 15.4. The molecule has 1 aromatic carbocycles. The van der Waals surface area contributed by atoms with Gasteiger partial charge in [0.1, 0.15) is 11.8 Å². The van der Waals surface area contributed by atoms with E-state index in [0.29, 0.717) is 10.6 Å². The molecule has 21 heavy (non-hydrogen) atoms. The van der Waals surface area contributed by atoms with Crippen LogP contribution in [0, 0.1) is 21.4 Å². The standard InChI is InChI=1S/C13H8N4O3S/c14-6-8-1-2-9(7-15-8)16-13(18)11-5-10(17(19)20)3-4-12(11)21/h1-5,7,21H,(H,16,18). The van der Waals surface area contributed by atoms with Crippen LogP contribution in [-0.4, -0.2) is 15.8 Å². The van der Waals surface area contributed by atoms with E-state index in [1.165, 1.54) is 30.5 Å². The number of hydrogen-bond acceptors (Lipinski definition) is 6. The Balaban J connectivity index is 2.25. The highest BCUT2D eigenvalue weighted by Gasteiger charge is 2.15. The molecule has 0 aliphatic heterocycles. The fraction of sp³-hybridized carbons (Fsp3) is 0. The van der Waals surface area contributed by atoms with Gasteiger partial charge < -0.3 is 5.32 Å². The first-order valence-electron chi connectivity index (χ1n) is 5.66. The van der Waals surface area contributed by atoms with Gasteiger partial charge in [0.25, 0.3) is 11.6 Å². The number of nitriles is 1. The number of thiol groups is 1. The smallest absolute Gasteiger partial charge is 0.270 e. The summed E-state index contributed by atoms with van der Waals surface area (Å²) >= 11 is 4.11. The SMILES string of the molecule is N#Cc1ccc(NC(=O)c2cc([N+](=O)[O-])ccc2S)cn1. The molecule has 2 aromatic rings. The molecule has 1 aromatic heterocycles. The van der Waals surface area contributed by atoms with Crippen LogP contribution in [0.1, 0.15) is 16.1 Å². The van der Waals surface area contributed by atoms with Crippen LogP contribution in [0.5, 0.6) is 0 Å². The monoisotopic (exact) mass is 300 g/mol. The number of hydrogen-bond donors (Lipinski definition) is 2. The van der Waals surface area contributed by atoms with E-state index >= 15 is 0 Å². The maximum Gasteiger partial charge on any atom is 0.270 e. The van der Waals surface area contributed by atoms with E-state index in [9.17, 15) is 14.9 Å². The van der Waals surface area contributed by atoms with Crippen LogP contribution in [0.15, 0.2) is 41.4 Å². The van der Waals surface area contributed by atoms with Crippen molar-refractivity contribution < 1.29 is 9.72 Å². The topological polar surface area (TPSA) is 109 Å². The maximum atomic E-state index is 12.1. The molecular weight excluding hydrogens is 292 g/mol. The summed E-state index contributed by atoms with van der Waals surface area (Å²) in [6, 6.07) is 8.62. The van der Waals surface area contributed by atoms with Crippen LogP contribution in [-0.2, 0) is 0 Å². The second-order valence-corrected chi connectivity index (χ2v) is 4.44. The van der Waals surface area contributed by atoms with E-state index in [1.54, 1.807) is 0 Å². The van der Waals surface area contributed by atoms with Crippen molar-refractivity contribution in [2.75, 3.05) is 5.32 Å². The molecule has 0 unspecified atom stereocenters. The van der Waals surface area contributed by atoms with Gasteiger partial charge in [-0.1, -0.05) is 0 Å². The highest BCUT2D eigenvalue weighted by Crippen LogP contribution is 2.21. The Labute approximate surface area is 124 Å². The van der Waals surface area contributed by atoms with Gasteiger partial charge in [0.05, 0.1) is 22.4 Å². The summed E-state index contributed by atoms with van der Waals surface area (Å²) in [6.07, 6.45) is 1.33. The Kier molecular flexibility index (Phi) is 4.15. The second kappa shape index (κ2) is 6.02. The molecule has 8 heteroatoms. The third-order valence-corrected chi connectivity index (χ3v) is 2.96. The van der Waals surface area contributed by atoms with Crippen molar-refractivity contribution in [3.63, 3.8) is 0 Å². The first kappa shape index (κ1) is 14.5. The molecule has 0 aliphatic rings. The molecule has 0 bridgehead atoms. The van der Waals surface area contributed by atoms with Crippen LogP contribution in [0.25, 0.3) is 0 Å². The molecule has 0 saturated heterocycles. The Bertz CT molecular complexity index is 753. The van der Waals surface area contributed by atoms with Crippen molar-refractivity contribution in [2.45, 2.75) is 4.90 Å². The van der Waals surface area contributed by atoms with Gasteiger partial charge in [-0.2, -0.15) is 5.26 Å². The number of non-ortho nitro benzene ring substituents is 1. The lowest BCUT2D eigenvalue weighted by Crippen LogP contribution is -2.13. The van der Waals surface area contributed by atoms with Gasteiger partial charge in [-0.15, -0.1) is 12.6 Å². The summed E-state index contributed by atoms with van der Waals surface area (Å²) in [6.45, 7) is 0. The predicted octanol–water partition coefficient (Wildman–Crippen LogP) is 2.40. The molecule has 0 fully saturated rings. The fourth-order valence-corrected chi connectivity index (χ4v) is 1.79. The predicted molar refractivity (Wildman–Crippen MR) is 77.3 cm³/mol. The number of rotatable bonds is 3. The summed E-state index contributed by atoms with van der Waals surface area (Å²) in [5, 5.41) is 21.9. The van der Waals surface area contributed by atoms with Crippen LogP contribution >= 0.6 is 12.6 Å². The van der Waals surface area contributed by atoms with Crippen molar-refractivity contribution in [3.05, 3.63) is 57.9 Å². The zero-order valence-electron chi connectivity index (χ0n) is 10.5. The number of carbonyl (C=O) groups excluding carboxylic acids is 1. The van der Waals surface area contributed by atoms with E-state index in [1.807, 2.05) is 6.07 Å².